The number of hydrogen-bond acceptors (Lipinski definition) is 3. The molecule has 3 nitrogen and oxygen atoms in total. The third-order valence-corrected chi connectivity index (χ3v) is 2.69. The fourth-order valence-electron chi connectivity index (χ4n) is 1.55. The zero-order valence-corrected chi connectivity index (χ0v) is 11.3. The molecule has 0 aromatic carbocycles. The Bertz CT molecular complexity index is 374. The minimum absolute atomic E-state index is 0.375. The first-order valence-corrected chi connectivity index (χ1v) is 6.26. The standard InChI is InChI=1S/C12H18ClF2N3/c1-3-4-16-6-9-5-10(13)12(17-7-9)18(2)8-11(14)15/h5,7,11,16H,3-4,6,8H2,1-2H3. The Morgan fingerprint density at radius 2 is 2.22 bits per heavy atom. The van der Waals surface area contributed by atoms with E-state index < -0.39 is 6.43 Å². The smallest absolute Gasteiger partial charge is 0.255 e. The van der Waals surface area contributed by atoms with Crippen LogP contribution in [0.15, 0.2) is 12.3 Å². The van der Waals surface area contributed by atoms with Crippen molar-refractivity contribution in [2.24, 2.45) is 0 Å². The number of halogens is 3. The highest BCUT2D eigenvalue weighted by Crippen LogP contribution is 2.23. The van der Waals surface area contributed by atoms with Crippen molar-refractivity contribution >= 4 is 17.4 Å². The average molecular weight is 278 g/mol. The Morgan fingerprint density at radius 3 is 2.78 bits per heavy atom. The van der Waals surface area contributed by atoms with Crippen LogP contribution in [0.5, 0.6) is 0 Å². The van der Waals surface area contributed by atoms with Gasteiger partial charge in [0.1, 0.15) is 5.82 Å². The van der Waals surface area contributed by atoms with Gasteiger partial charge in [0.2, 0.25) is 0 Å². The van der Waals surface area contributed by atoms with E-state index in [1.54, 1.807) is 19.3 Å². The molecule has 1 rings (SSSR count). The zero-order valence-electron chi connectivity index (χ0n) is 10.6. The van der Waals surface area contributed by atoms with E-state index in [1.807, 2.05) is 0 Å². The van der Waals surface area contributed by atoms with E-state index >= 15 is 0 Å². The Labute approximate surface area is 111 Å². The minimum Gasteiger partial charge on any atom is -0.353 e. The molecule has 18 heavy (non-hydrogen) atoms. The molecule has 6 heteroatoms. The summed E-state index contributed by atoms with van der Waals surface area (Å²) in [6, 6.07) is 1.76. The van der Waals surface area contributed by atoms with Gasteiger partial charge in [-0.25, -0.2) is 13.8 Å². The zero-order chi connectivity index (χ0) is 13.5. The Hall–Kier alpha value is -0.940. The second kappa shape index (κ2) is 7.48. The van der Waals surface area contributed by atoms with Crippen LogP contribution in [0.25, 0.3) is 0 Å². The molecular formula is C12H18ClF2N3. The normalized spacial score (nSPS) is 11.0. The first kappa shape index (κ1) is 15.1. The summed E-state index contributed by atoms with van der Waals surface area (Å²) >= 11 is 6.04. The molecule has 0 saturated carbocycles. The summed E-state index contributed by atoms with van der Waals surface area (Å²) in [7, 11) is 1.55. The predicted molar refractivity (Wildman–Crippen MR) is 70.5 cm³/mol. The molecule has 0 amide bonds. The number of rotatable bonds is 7. The highest BCUT2D eigenvalue weighted by molar-refractivity contribution is 6.33. The van der Waals surface area contributed by atoms with Crippen LogP contribution in [0.4, 0.5) is 14.6 Å². The van der Waals surface area contributed by atoms with Crippen molar-refractivity contribution in [3.63, 3.8) is 0 Å². The number of pyridine rings is 1. The number of hydrogen-bond donors (Lipinski definition) is 1. The molecule has 0 unspecified atom stereocenters. The Balaban J connectivity index is 2.67. The first-order valence-electron chi connectivity index (χ1n) is 5.89. The lowest BCUT2D eigenvalue weighted by Gasteiger charge is -2.19. The maximum absolute atomic E-state index is 12.3. The monoisotopic (exact) mass is 277 g/mol. The van der Waals surface area contributed by atoms with Crippen LogP contribution in [0.3, 0.4) is 0 Å². The summed E-state index contributed by atoms with van der Waals surface area (Å²) in [5.41, 5.74) is 0.947. The average Bonchev–Trinajstić information content (AvgIpc) is 2.28. The molecule has 0 aliphatic carbocycles. The van der Waals surface area contributed by atoms with Crippen LogP contribution in [0, 0.1) is 0 Å². The highest BCUT2D eigenvalue weighted by Gasteiger charge is 2.13. The van der Waals surface area contributed by atoms with Crippen LogP contribution in [0.1, 0.15) is 18.9 Å². The van der Waals surface area contributed by atoms with Gasteiger partial charge >= 0.3 is 0 Å². The van der Waals surface area contributed by atoms with Crippen molar-refractivity contribution in [3.05, 3.63) is 22.8 Å². The van der Waals surface area contributed by atoms with Gasteiger partial charge in [-0.15, -0.1) is 0 Å². The van der Waals surface area contributed by atoms with Gasteiger partial charge in [-0.05, 0) is 24.6 Å². The topological polar surface area (TPSA) is 28.2 Å². The lowest BCUT2D eigenvalue weighted by atomic mass is 10.2. The molecule has 0 aliphatic rings. The van der Waals surface area contributed by atoms with Crippen molar-refractivity contribution in [1.82, 2.24) is 10.3 Å². The fourth-order valence-corrected chi connectivity index (χ4v) is 1.88. The van der Waals surface area contributed by atoms with Gasteiger partial charge in [-0.2, -0.15) is 0 Å². The molecule has 102 valence electrons. The molecule has 0 fully saturated rings. The van der Waals surface area contributed by atoms with Gasteiger partial charge in [-0.3, -0.25) is 0 Å². The Kier molecular flexibility index (Phi) is 6.29. The largest absolute Gasteiger partial charge is 0.353 e. The third kappa shape index (κ3) is 4.74. The second-order valence-corrected chi connectivity index (χ2v) is 4.50. The van der Waals surface area contributed by atoms with Crippen LogP contribution < -0.4 is 10.2 Å². The number of anilines is 1. The molecule has 1 N–H and O–H groups in total. The first-order chi connectivity index (χ1) is 8.54. The quantitative estimate of drug-likeness (QED) is 0.777. The highest BCUT2D eigenvalue weighted by atomic mass is 35.5. The van der Waals surface area contributed by atoms with Gasteiger partial charge in [-0.1, -0.05) is 18.5 Å². The lowest BCUT2D eigenvalue weighted by Crippen LogP contribution is -2.25. The van der Waals surface area contributed by atoms with Crippen LogP contribution in [-0.4, -0.2) is 31.5 Å². The molecule has 0 aliphatic heterocycles. The summed E-state index contributed by atoms with van der Waals surface area (Å²) < 4.78 is 24.5. The number of nitrogens with zero attached hydrogens (tertiary/aromatic N) is 2. The third-order valence-electron chi connectivity index (χ3n) is 2.41. The molecule has 0 saturated heterocycles. The van der Waals surface area contributed by atoms with E-state index in [2.05, 4.69) is 17.2 Å². The van der Waals surface area contributed by atoms with E-state index in [9.17, 15) is 8.78 Å². The van der Waals surface area contributed by atoms with Gasteiger partial charge < -0.3 is 10.2 Å². The van der Waals surface area contributed by atoms with E-state index in [1.165, 1.54) is 4.90 Å². The van der Waals surface area contributed by atoms with Crippen molar-refractivity contribution in [3.8, 4) is 0 Å². The van der Waals surface area contributed by atoms with Gasteiger partial charge in [0.25, 0.3) is 6.43 Å². The summed E-state index contributed by atoms with van der Waals surface area (Å²) in [4.78, 5) is 5.49. The molecular weight excluding hydrogens is 260 g/mol. The molecule has 0 spiro atoms. The van der Waals surface area contributed by atoms with Crippen molar-refractivity contribution < 1.29 is 8.78 Å². The number of alkyl halides is 2. The maximum Gasteiger partial charge on any atom is 0.255 e. The molecule has 1 aromatic heterocycles. The Morgan fingerprint density at radius 1 is 1.50 bits per heavy atom. The molecule has 1 heterocycles. The van der Waals surface area contributed by atoms with E-state index in [0.29, 0.717) is 17.4 Å². The van der Waals surface area contributed by atoms with Crippen molar-refractivity contribution in [1.29, 1.82) is 0 Å². The van der Waals surface area contributed by atoms with E-state index in [4.69, 9.17) is 11.6 Å². The summed E-state index contributed by atoms with van der Waals surface area (Å²) in [5, 5.41) is 3.62. The van der Waals surface area contributed by atoms with E-state index in [-0.39, 0.29) is 6.54 Å². The van der Waals surface area contributed by atoms with Gasteiger partial charge in [0.05, 0.1) is 11.6 Å². The van der Waals surface area contributed by atoms with Crippen molar-refractivity contribution in [2.75, 3.05) is 25.0 Å². The maximum atomic E-state index is 12.3. The number of nitrogens with one attached hydrogen (secondary N) is 1. The molecule has 1 aromatic rings. The molecule has 0 radical (unpaired) electrons. The fraction of sp³-hybridized carbons (Fsp3) is 0.583. The lowest BCUT2D eigenvalue weighted by molar-refractivity contribution is 0.156. The van der Waals surface area contributed by atoms with E-state index in [0.717, 1.165) is 18.5 Å². The van der Waals surface area contributed by atoms with Crippen LogP contribution in [0.2, 0.25) is 5.02 Å². The summed E-state index contributed by atoms with van der Waals surface area (Å²) in [5.74, 6) is 0.385. The van der Waals surface area contributed by atoms with Gasteiger partial charge in [0, 0.05) is 19.8 Å². The van der Waals surface area contributed by atoms with Gasteiger partial charge in [0.15, 0.2) is 0 Å². The summed E-state index contributed by atoms with van der Waals surface area (Å²) in [6.07, 6.45) is 0.307. The van der Waals surface area contributed by atoms with Crippen LogP contribution in [-0.2, 0) is 6.54 Å². The van der Waals surface area contributed by atoms with Crippen molar-refractivity contribution in [2.45, 2.75) is 26.3 Å². The minimum atomic E-state index is -2.40. The molecule has 0 atom stereocenters. The number of aromatic nitrogens is 1. The molecule has 0 bridgehead atoms. The predicted octanol–water partition coefficient (Wildman–Crippen LogP) is 2.94. The summed E-state index contributed by atoms with van der Waals surface area (Å²) in [6.45, 7) is 3.31. The SMILES string of the molecule is CCCNCc1cnc(N(C)CC(F)F)c(Cl)c1. The second-order valence-electron chi connectivity index (χ2n) is 4.10. The van der Waals surface area contributed by atoms with Crippen LogP contribution >= 0.6 is 11.6 Å².